The van der Waals surface area contributed by atoms with Crippen molar-refractivity contribution >= 4 is 5.91 Å². The molecule has 0 saturated heterocycles. The number of hydrogen-bond donors (Lipinski definition) is 1. The van der Waals surface area contributed by atoms with Gasteiger partial charge in [-0.15, -0.1) is 0 Å². The average Bonchev–Trinajstić information content (AvgIpc) is 2.45. The lowest BCUT2D eigenvalue weighted by atomic mass is 9.86. The van der Waals surface area contributed by atoms with E-state index in [4.69, 9.17) is 0 Å². The number of hydrogen-bond acceptors (Lipinski definition) is 1. The monoisotopic (exact) mass is 271 g/mol. The molecule has 0 aliphatic heterocycles. The number of carbonyl (C=O) groups is 1. The molecule has 0 bridgehead atoms. The van der Waals surface area contributed by atoms with Crippen molar-refractivity contribution in [1.29, 1.82) is 0 Å². The van der Waals surface area contributed by atoms with Gasteiger partial charge in [0.05, 0.1) is 0 Å². The maximum absolute atomic E-state index is 12.1. The van der Waals surface area contributed by atoms with E-state index in [9.17, 15) is 4.79 Å². The average molecular weight is 271 g/mol. The molecule has 1 aliphatic rings. The molecule has 1 aromatic rings. The summed E-state index contributed by atoms with van der Waals surface area (Å²) >= 11 is 0. The summed E-state index contributed by atoms with van der Waals surface area (Å²) in [5.74, 6) is 0.0249. The predicted octanol–water partition coefficient (Wildman–Crippen LogP) is 4.21. The quantitative estimate of drug-likeness (QED) is 0.820. The van der Waals surface area contributed by atoms with E-state index < -0.39 is 0 Å². The zero-order valence-corrected chi connectivity index (χ0v) is 12.8. The van der Waals surface area contributed by atoms with E-state index in [0.717, 1.165) is 18.4 Å². The minimum absolute atomic E-state index is 0.0249. The van der Waals surface area contributed by atoms with Crippen LogP contribution in [0.25, 0.3) is 0 Å². The van der Waals surface area contributed by atoms with E-state index >= 15 is 0 Å². The lowest BCUT2D eigenvalue weighted by Gasteiger charge is -2.19. The molecule has 1 N–H and O–H groups in total. The molecule has 1 aromatic carbocycles. The van der Waals surface area contributed by atoms with Crippen LogP contribution in [0.3, 0.4) is 0 Å². The summed E-state index contributed by atoms with van der Waals surface area (Å²) < 4.78 is 0. The van der Waals surface area contributed by atoms with Crippen LogP contribution in [0.15, 0.2) is 35.9 Å². The molecular weight excluding hydrogens is 246 g/mol. The standard InChI is InChI=1S/C18H25NO/c1-18(2,3)16-11-9-15(10-12-16)17(20)19-13-14-7-5-4-6-8-14/h7,9-12H,4-6,8,13H2,1-3H3,(H,19,20). The van der Waals surface area contributed by atoms with Crippen LogP contribution in [0, 0.1) is 0 Å². The van der Waals surface area contributed by atoms with Crippen molar-refractivity contribution in [1.82, 2.24) is 5.32 Å². The number of amides is 1. The van der Waals surface area contributed by atoms with E-state index in [2.05, 4.69) is 44.3 Å². The van der Waals surface area contributed by atoms with Crippen molar-refractivity contribution < 1.29 is 4.79 Å². The summed E-state index contributed by atoms with van der Waals surface area (Å²) in [5.41, 5.74) is 3.50. The van der Waals surface area contributed by atoms with Crippen LogP contribution >= 0.6 is 0 Å². The van der Waals surface area contributed by atoms with Crippen LogP contribution in [-0.4, -0.2) is 12.5 Å². The van der Waals surface area contributed by atoms with Crippen LogP contribution in [0.5, 0.6) is 0 Å². The van der Waals surface area contributed by atoms with Crippen LogP contribution < -0.4 is 5.32 Å². The molecule has 0 saturated carbocycles. The van der Waals surface area contributed by atoms with Crippen molar-refractivity contribution in [3.63, 3.8) is 0 Å². The van der Waals surface area contributed by atoms with Gasteiger partial charge >= 0.3 is 0 Å². The van der Waals surface area contributed by atoms with Crippen LogP contribution in [0.1, 0.15) is 62.4 Å². The Hall–Kier alpha value is -1.57. The minimum atomic E-state index is 0.0249. The topological polar surface area (TPSA) is 29.1 Å². The summed E-state index contributed by atoms with van der Waals surface area (Å²) in [7, 11) is 0. The lowest BCUT2D eigenvalue weighted by molar-refractivity contribution is 0.0956. The third kappa shape index (κ3) is 3.96. The first-order chi connectivity index (χ1) is 9.47. The van der Waals surface area contributed by atoms with Crippen LogP contribution in [0.2, 0.25) is 0 Å². The van der Waals surface area contributed by atoms with Gasteiger partial charge in [0.1, 0.15) is 0 Å². The summed E-state index contributed by atoms with van der Waals surface area (Å²) in [5, 5.41) is 3.02. The molecule has 2 heteroatoms. The molecule has 0 unspecified atom stereocenters. The van der Waals surface area contributed by atoms with Gasteiger partial charge in [-0.05, 0) is 48.8 Å². The summed E-state index contributed by atoms with van der Waals surface area (Å²) in [6.07, 6.45) is 7.09. The molecule has 1 aliphatic carbocycles. The van der Waals surface area contributed by atoms with Gasteiger partial charge in [-0.1, -0.05) is 44.6 Å². The maximum Gasteiger partial charge on any atom is 0.251 e. The summed E-state index contributed by atoms with van der Waals surface area (Å²) in [6, 6.07) is 7.94. The normalized spacial score (nSPS) is 15.7. The molecule has 0 heterocycles. The maximum atomic E-state index is 12.1. The summed E-state index contributed by atoms with van der Waals surface area (Å²) in [4.78, 5) is 12.1. The van der Waals surface area contributed by atoms with Gasteiger partial charge in [-0.2, -0.15) is 0 Å². The zero-order chi connectivity index (χ0) is 14.6. The molecule has 0 radical (unpaired) electrons. The van der Waals surface area contributed by atoms with Gasteiger partial charge in [0.2, 0.25) is 0 Å². The second kappa shape index (κ2) is 6.25. The van der Waals surface area contributed by atoms with Crippen LogP contribution in [-0.2, 0) is 5.41 Å². The Bertz CT molecular complexity index is 491. The van der Waals surface area contributed by atoms with E-state index in [-0.39, 0.29) is 11.3 Å². The third-order valence-electron chi connectivity index (χ3n) is 3.87. The Morgan fingerprint density at radius 3 is 2.40 bits per heavy atom. The molecule has 108 valence electrons. The first-order valence-electron chi connectivity index (χ1n) is 7.53. The minimum Gasteiger partial charge on any atom is -0.348 e. The van der Waals surface area contributed by atoms with E-state index in [1.807, 2.05) is 12.1 Å². The number of rotatable bonds is 3. The van der Waals surface area contributed by atoms with E-state index in [1.54, 1.807) is 0 Å². The number of allylic oxidation sites excluding steroid dienone is 1. The Labute approximate surface area is 122 Å². The second-order valence-corrected chi connectivity index (χ2v) is 6.62. The molecule has 0 atom stereocenters. The highest BCUT2D eigenvalue weighted by Gasteiger charge is 2.14. The molecular formula is C18H25NO. The fourth-order valence-corrected chi connectivity index (χ4v) is 2.48. The van der Waals surface area contributed by atoms with E-state index in [0.29, 0.717) is 6.54 Å². The molecule has 0 spiro atoms. The van der Waals surface area contributed by atoms with Crippen molar-refractivity contribution in [3.8, 4) is 0 Å². The number of carbonyl (C=O) groups excluding carboxylic acids is 1. The highest BCUT2D eigenvalue weighted by atomic mass is 16.1. The van der Waals surface area contributed by atoms with Crippen molar-refractivity contribution in [2.75, 3.05) is 6.54 Å². The molecule has 1 amide bonds. The van der Waals surface area contributed by atoms with Gasteiger partial charge in [-0.25, -0.2) is 0 Å². The molecule has 2 nitrogen and oxygen atoms in total. The fourth-order valence-electron chi connectivity index (χ4n) is 2.48. The number of benzene rings is 1. The largest absolute Gasteiger partial charge is 0.348 e. The Morgan fingerprint density at radius 2 is 1.85 bits per heavy atom. The van der Waals surface area contributed by atoms with Gasteiger partial charge in [0.15, 0.2) is 0 Å². The van der Waals surface area contributed by atoms with Crippen molar-refractivity contribution in [3.05, 3.63) is 47.0 Å². The van der Waals surface area contributed by atoms with Gasteiger partial charge in [0, 0.05) is 12.1 Å². The van der Waals surface area contributed by atoms with Crippen molar-refractivity contribution in [2.24, 2.45) is 0 Å². The number of nitrogens with one attached hydrogen (secondary N) is 1. The predicted molar refractivity (Wildman–Crippen MR) is 84.0 cm³/mol. The second-order valence-electron chi connectivity index (χ2n) is 6.62. The Kier molecular flexibility index (Phi) is 4.64. The lowest BCUT2D eigenvalue weighted by Crippen LogP contribution is -2.26. The van der Waals surface area contributed by atoms with Gasteiger partial charge in [0.25, 0.3) is 5.91 Å². The van der Waals surface area contributed by atoms with Crippen molar-refractivity contribution in [2.45, 2.75) is 51.9 Å². The fraction of sp³-hybridized carbons (Fsp3) is 0.500. The molecule has 0 fully saturated rings. The zero-order valence-electron chi connectivity index (χ0n) is 12.8. The van der Waals surface area contributed by atoms with Crippen LogP contribution in [0.4, 0.5) is 0 Å². The molecule has 0 aromatic heterocycles. The van der Waals surface area contributed by atoms with Gasteiger partial charge in [-0.3, -0.25) is 4.79 Å². The SMILES string of the molecule is CC(C)(C)c1ccc(C(=O)NCC2=CCCCC2)cc1. The highest BCUT2D eigenvalue weighted by molar-refractivity contribution is 5.94. The molecule has 2 rings (SSSR count). The van der Waals surface area contributed by atoms with Gasteiger partial charge < -0.3 is 5.32 Å². The first-order valence-corrected chi connectivity index (χ1v) is 7.53. The smallest absolute Gasteiger partial charge is 0.251 e. The molecule has 20 heavy (non-hydrogen) atoms. The summed E-state index contributed by atoms with van der Waals surface area (Å²) in [6.45, 7) is 7.23. The Morgan fingerprint density at radius 1 is 1.15 bits per heavy atom. The third-order valence-corrected chi connectivity index (χ3v) is 3.87. The highest BCUT2D eigenvalue weighted by Crippen LogP contribution is 2.22. The first kappa shape index (κ1) is 14.8. The Balaban J connectivity index is 1.94. The van der Waals surface area contributed by atoms with E-state index in [1.165, 1.54) is 24.0 Å².